The van der Waals surface area contributed by atoms with Crippen molar-refractivity contribution in [2.24, 2.45) is 0 Å². The van der Waals surface area contributed by atoms with Gasteiger partial charge in [0.15, 0.2) is 0 Å². The van der Waals surface area contributed by atoms with Crippen molar-refractivity contribution >= 4 is 21.6 Å². The molecule has 2 N–H and O–H groups in total. The molecule has 0 aliphatic carbocycles. The van der Waals surface area contributed by atoms with Gasteiger partial charge in [-0.1, -0.05) is 0 Å². The Kier molecular flexibility index (Phi) is 5.80. The Labute approximate surface area is 107 Å². The fourth-order valence-electron chi connectivity index (χ4n) is 1.20. The van der Waals surface area contributed by atoms with E-state index < -0.39 is 17.7 Å². The normalized spacial score (nSPS) is 12.5. The minimum atomic E-state index is -0.738. The van der Waals surface area contributed by atoms with Crippen LogP contribution in [0.5, 0.6) is 0 Å². The predicted molar refractivity (Wildman–Crippen MR) is 65.0 cm³/mol. The van der Waals surface area contributed by atoms with Gasteiger partial charge in [-0.3, -0.25) is 0 Å². The minimum Gasteiger partial charge on any atom is -0.389 e. The Bertz CT molecular complexity index is 377. The van der Waals surface area contributed by atoms with Crippen LogP contribution in [-0.2, 0) is 4.74 Å². The Balaban J connectivity index is 2.54. The molecule has 0 radical (unpaired) electrons. The van der Waals surface area contributed by atoms with Crippen LogP contribution in [0.3, 0.4) is 0 Å². The van der Waals surface area contributed by atoms with Crippen LogP contribution in [-0.4, -0.2) is 31.0 Å². The summed E-state index contributed by atoms with van der Waals surface area (Å²) in [5.74, 6) is -1.36. The first-order chi connectivity index (χ1) is 8.04. The molecule has 0 saturated heterocycles. The third-order valence-electron chi connectivity index (χ3n) is 2.05. The summed E-state index contributed by atoms with van der Waals surface area (Å²) < 4.78 is 31.4. The number of ether oxygens (including phenoxy) is 1. The number of aliphatic hydroxyl groups is 1. The Morgan fingerprint density at radius 3 is 2.76 bits per heavy atom. The van der Waals surface area contributed by atoms with Crippen LogP contribution >= 0.6 is 15.9 Å². The van der Waals surface area contributed by atoms with Crippen LogP contribution in [0.25, 0.3) is 0 Å². The molecule has 0 aliphatic rings. The molecule has 0 amide bonds. The highest BCUT2D eigenvalue weighted by molar-refractivity contribution is 9.10. The van der Waals surface area contributed by atoms with Gasteiger partial charge in [0, 0.05) is 19.2 Å². The highest BCUT2D eigenvalue weighted by atomic mass is 79.9. The molecule has 6 heteroatoms. The molecule has 0 aliphatic heterocycles. The third-order valence-corrected chi connectivity index (χ3v) is 2.66. The van der Waals surface area contributed by atoms with Crippen LogP contribution in [0.15, 0.2) is 16.6 Å². The van der Waals surface area contributed by atoms with Crippen molar-refractivity contribution in [2.45, 2.75) is 13.0 Å². The number of halogens is 3. The van der Waals surface area contributed by atoms with Gasteiger partial charge in [0.2, 0.25) is 0 Å². The zero-order valence-electron chi connectivity index (χ0n) is 9.34. The Hall–Kier alpha value is -0.720. The maximum absolute atomic E-state index is 13.3. The van der Waals surface area contributed by atoms with E-state index in [1.54, 1.807) is 0 Å². The van der Waals surface area contributed by atoms with Gasteiger partial charge in [-0.15, -0.1) is 0 Å². The molecule has 1 aromatic rings. The molecule has 3 nitrogen and oxygen atoms in total. The first-order valence-corrected chi connectivity index (χ1v) is 5.98. The third kappa shape index (κ3) is 4.57. The number of aliphatic hydroxyl groups excluding tert-OH is 1. The van der Waals surface area contributed by atoms with Crippen LogP contribution in [0.4, 0.5) is 14.5 Å². The number of anilines is 1. The fourth-order valence-corrected chi connectivity index (χ4v) is 1.54. The smallest absolute Gasteiger partial charge is 0.149 e. The van der Waals surface area contributed by atoms with E-state index in [1.807, 2.05) is 6.92 Å². The quantitative estimate of drug-likeness (QED) is 0.794. The van der Waals surface area contributed by atoms with Crippen LogP contribution < -0.4 is 5.32 Å². The van der Waals surface area contributed by atoms with E-state index in [9.17, 15) is 13.9 Å². The lowest BCUT2D eigenvalue weighted by Crippen LogP contribution is -2.25. The second-order valence-corrected chi connectivity index (χ2v) is 4.29. The fraction of sp³-hybridized carbons (Fsp3) is 0.455. The SMILES string of the molecule is CCOCC(O)CNc1cc(Br)c(F)cc1F. The van der Waals surface area contributed by atoms with E-state index in [1.165, 1.54) is 6.07 Å². The molecule has 1 atom stereocenters. The first-order valence-electron chi connectivity index (χ1n) is 5.18. The maximum Gasteiger partial charge on any atom is 0.149 e. The summed E-state index contributed by atoms with van der Waals surface area (Å²) in [6.07, 6.45) is -0.738. The summed E-state index contributed by atoms with van der Waals surface area (Å²) in [5, 5.41) is 12.1. The predicted octanol–water partition coefficient (Wildman–Crippen LogP) is 2.54. The number of benzene rings is 1. The molecule has 1 aromatic carbocycles. The van der Waals surface area contributed by atoms with Crippen molar-refractivity contribution in [1.82, 2.24) is 0 Å². The molecule has 0 bridgehead atoms. The summed E-state index contributed by atoms with van der Waals surface area (Å²) in [4.78, 5) is 0. The molecule has 1 unspecified atom stereocenters. The van der Waals surface area contributed by atoms with Gasteiger partial charge in [-0.25, -0.2) is 8.78 Å². The van der Waals surface area contributed by atoms with Gasteiger partial charge >= 0.3 is 0 Å². The molecule has 96 valence electrons. The summed E-state index contributed by atoms with van der Waals surface area (Å²) in [7, 11) is 0. The summed E-state index contributed by atoms with van der Waals surface area (Å²) >= 11 is 2.96. The summed E-state index contributed by atoms with van der Waals surface area (Å²) in [5.41, 5.74) is 0.133. The molecular formula is C11H14BrF2NO2. The molecule has 0 aromatic heterocycles. The van der Waals surface area contributed by atoms with E-state index in [4.69, 9.17) is 4.74 Å². The number of hydrogen-bond donors (Lipinski definition) is 2. The monoisotopic (exact) mass is 309 g/mol. The molecule has 0 spiro atoms. The van der Waals surface area contributed by atoms with Crippen LogP contribution in [0.1, 0.15) is 6.92 Å². The van der Waals surface area contributed by atoms with E-state index in [-0.39, 0.29) is 23.3 Å². The van der Waals surface area contributed by atoms with Crippen LogP contribution in [0, 0.1) is 11.6 Å². The number of rotatable bonds is 6. The Morgan fingerprint density at radius 2 is 2.12 bits per heavy atom. The zero-order chi connectivity index (χ0) is 12.8. The van der Waals surface area contributed by atoms with Crippen molar-refractivity contribution in [3.63, 3.8) is 0 Å². The van der Waals surface area contributed by atoms with Crippen molar-refractivity contribution in [3.05, 3.63) is 28.2 Å². The van der Waals surface area contributed by atoms with E-state index in [0.717, 1.165) is 6.07 Å². The van der Waals surface area contributed by atoms with Crippen LogP contribution in [0.2, 0.25) is 0 Å². The van der Waals surface area contributed by atoms with Crippen molar-refractivity contribution < 1.29 is 18.6 Å². The van der Waals surface area contributed by atoms with Gasteiger partial charge < -0.3 is 15.2 Å². The summed E-state index contributed by atoms with van der Waals surface area (Å²) in [6.45, 7) is 2.63. The number of nitrogens with one attached hydrogen (secondary N) is 1. The first kappa shape index (κ1) is 14.3. The van der Waals surface area contributed by atoms with Crippen molar-refractivity contribution in [3.8, 4) is 0 Å². The second kappa shape index (κ2) is 6.88. The molecule has 0 fully saturated rings. The lowest BCUT2D eigenvalue weighted by molar-refractivity contribution is 0.0495. The van der Waals surface area contributed by atoms with E-state index >= 15 is 0 Å². The zero-order valence-corrected chi connectivity index (χ0v) is 10.9. The van der Waals surface area contributed by atoms with Gasteiger partial charge in [0.1, 0.15) is 11.6 Å². The average molecular weight is 310 g/mol. The average Bonchev–Trinajstić information content (AvgIpc) is 2.29. The standard InChI is InChI=1S/C11H14BrF2NO2/c1-2-17-6-7(16)5-15-11-3-8(12)9(13)4-10(11)14/h3-4,7,15-16H,2,5-6H2,1H3. The molecule has 1 rings (SSSR count). The lowest BCUT2D eigenvalue weighted by atomic mass is 10.2. The maximum atomic E-state index is 13.3. The van der Waals surface area contributed by atoms with Gasteiger partial charge in [0.05, 0.1) is 22.9 Å². The highest BCUT2D eigenvalue weighted by Crippen LogP contribution is 2.23. The molecule has 0 heterocycles. The second-order valence-electron chi connectivity index (χ2n) is 3.44. The highest BCUT2D eigenvalue weighted by Gasteiger charge is 2.10. The topological polar surface area (TPSA) is 41.5 Å². The largest absolute Gasteiger partial charge is 0.389 e. The van der Waals surface area contributed by atoms with Gasteiger partial charge in [-0.2, -0.15) is 0 Å². The minimum absolute atomic E-state index is 0.133. The molecule has 0 saturated carbocycles. The van der Waals surface area contributed by atoms with Gasteiger partial charge in [-0.05, 0) is 28.9 Å². The van der Waals surface area contributed by atoms with Gasteiger partial charge in [0.25, 0.3) is 0 Å². The Morgan fingerprint density at radius 1 is 1.41 bits per heavy atom. The van der Waals surface area contributed by atoms with E-state index in [2.05, 4.69) is 21.2 Å². The summed E-state index contributed by atoms with van der Waals surface area (Å²) in [6, 6.07) is 2.07. The van der Waals surface area contributed by atoms with Crippen molar-refractivity contribution in [2.75, 3.05) is 25.1 Å². The van der Waals surface area contributed by atoms with E-state index in [0.29, 0.717) is 6.61 Å². The molecular weight excluding hydrogens is 296 g/mol. The van der Waals surface area contributed by atoms with Crippen molar-refractivity contribution in [1.29, 1.82) is 0 Å². The number of hydrogen-bond acceptors (Lipinski definition) is 3. The molecule has 17 heavy (non-hydrogen) atoms. The lowest BCUT2D eigenvalue weighted by Gasteiger charge is -2.13.